The third kappa shape index (κ3) is 3.63. The molecule has 0 saturated heterocycles. The summed E-state index contributed by atoms with van der Waals surface area (Å²) in [7, 11) is 0. The zero-order valence-electron chi connectivity index (χ0n) is 14.8. The Kier molecular flexibility index (Phi) is 5.38. The second kappa shape index (κ2) is 7.70. The molecule has 0 bridgehead atoms. The summed E-state index contributed by atoms with van der Waals surface area (Å²) in [4.78, 5) is 27.1. The summed E-state index contributed by atoms with van der Waals surface area (Å²) in [5.41, 5.74) is 1.34. The molecule has 6 heteroatoms. The quantitative estimate of drug-likeness (QED) is 0.692. The van der Waals surface area contributed by atoms with Crippen molar-refractivity contribution < 1.29 is 4.79 Å². The van der Waals surface area contributed by atoms with Crippen molar-refractivity contribution in [1.29, 1.82) is 0 Å². The fourth-order valence-electron chi connectivity index (χ4n) is 2.95. The summed E-state index contributed by atoms with van der Waals surface area (Å²) in [6.45, 7) is 4.56. The molecule has 5 nitrogen and oxygen atoms in total. The van der Waals surface area contributed by atoms with E-state index in [9.17, 15) is 9.59 Å². The van der Waals surface area contributed by atoms with Gasteiger partial charge in [0, 0.05) is 23.5 Å². The maximum atomic E-state index is 12.7. The molecule has 1 amide bonds. The Morgan fingerprint density at radius 1 is 1.12 bits per heavy atom. The van der Waals surface area contributed by atoms with Crippen molar-refractivity contribution >= 4 is 28.3 Å². The Labute approximate surface area is 156 Å². The second-order valence-electron chi connectivity index (χ2n) is 6.09. The molecule has 3 aromatic rings. The van der Waals surface area contributed by atoms with Crippen molar-refractivity contribution in [2.45, 2.75) is 26.9 Å². The van der Waals surface area contributed by atoms with Crippen LogP contribution in [0.1, 0.15) is 18.2 Å². The number of aryl methyl sites for hydroxylation is 1. The minimum Gasteiger partial charge on any atom is -0.337 e. The number of fused-ring (bicyclic) bond motifs is 1. The van der Waals surface area contributed by atoms with Gasteiger partial charge in [-0.25, -0.2) is 4.68 Å². The first kappa shape index (κ1) is 18.1. The van der Waals surface area contributed by atoms with Crippen molar-refractivity contribution in [3.8, 4) is 0 Å². The first-order valence-electron chi connectivity index (χ1n) is 8.49. The van der Waals surface area contributed by atoms with E-state index in [1.165, 1.54) is 4.68 Å². The number of carbonyl (C=O) groups is 1. The maximum Gasteiger partial charge on any atom is 0.275 e. The monoisotopic (exact) mass is 369 g/mol. The van der Waals surface area contributed by atoms with Crippen LogP contribution in [0.2, 0.25) is 5.02 Å². The van der Waals surface area contributed by atoms with E-state index in [0.717, 1.165) is 16.6 Å². The molecule has 0 unspecified atom stereocenters. The molecule has 0 radical (unpaired) electrons. The van der Waals surface area contributed by atoms with Crippen LogP contribution in [0.5, 0.6) is 0 Å². The van der Waals surface area contributed by atoms with E-state index in [4.69, 9.17) is 11.6 Å². The van der Waals surface area contributed by atoms with Crippen LogP contribution < -0.4 is 5.56 Å². The van der Waals surface area contributed by atoms with Crippen LogP contribution >= 0.6 is 11.6 Å². The Hall–Kier alpha value is -2.66. The zero-order chi connectivity index (χ0) is 18.7. The van der Waals surface area contributed by atoms with Gasteiger partial charge in [0.2, 0.25) is 5.91 Å². The maximum absolute atomic E-state index is 12.7. The number of amides is 1. The van der Waals surface area contributed by atoms with Crippen molar-refractivity contribution in [3.63, 3.8) is 0 Å². The van der Waals surface area contributed by atoms with Gasteiger partial charge in [-0.2, -0.15) is 5.10 Å². The lowest BCUT2D eigenvalue weighted by Gasteiger charge is -2.22. The van der Waals surface area contributed by atoms with Gasteiger partial charge in [-0.1, -0.05) is 48.0 Å². The average Bonchev–Trinajstić information content (AvgIpc) is 2.65. The van der Waals surface area contributed by atoms with E-state index in [-0.39, 0.29) is 18.0 Å². The predicted molar refractivity (Wildman–Crippen MR) is 103 cm³/mol. The summed E-state index contributed by atoms with van der Waals surface area (Å²) in [5, 5.41) is 6.31. The molecule has 0 aliphatic carbocycles. The lowest BCUT2D eigenvalue weighted by Crippen LogP contribution is -2.37. The number of halogens is 1. The van der Waals surface area contributed by atoms with Crippen molar-refractivity contribution in [2.75, 3.05) is 6.54 Å². The Balaban J connectivity index is 1.87. The molecule has 3 rings (SSSR count). The van der Waals surface area contributed by atoms with Crippen molar-refractivity contribution in [1.82, 2.24) is 14.7 Å². The lowest BCUT2D eigenvalue weighted by atomic mass is 10.1. The number of benzene rings is 2. The van der Waals surface area contributed by atoms with Crippen LogP contribution in [0.3, 0.4) is 0 Å². The summed E-state index contributed by atoms with van der Waals surface area (Å²) >= 11 is 6.20. The van der Waals surface area contributed by atoms with Gasteiger partial charge in [0.15, 0.2) is 0 Å². The third-order valence-corrected chi connectivity index (χ3v) is 4.76. The molecule has 0 aliphatic rings. The van der Waals surface area contributed by atoms with Crippen LogP contribution in [0.4, 0.5) is 0 Å². The highest BCUT2D eigenvalue weighted by Gasteiger charge is 2.17. The molecular formula is C20H20ClN3O2. The minimum atomic E-state index is -0.256. The molecule has 0 saturated carbocycles. The summed E-state index contributed by atoms with van der Waals surface area (Å²) in [5.74, 6) is -0.170. The Morgan fingerprint density at radius 2 is 1.77 bits per heavy atom. The highest BCUT2D eigenvalue weighted by Crippen LogP contribution is 2.17. The summed E-state index contributed by atoms with van der Waals surface area (Å²) in [6.07, 6.45) is 0. The SMILES string of the molecule is CCN(Cc1ccccc1Cl)C(=O)Cn1nc(C)c2ccccc2c1=O. The van der Waals surface area contributed by atoms with E-state index in [0.29, 0.717) is 23.5 Å². The molecule has 0 N–H and O–H groups in total. The number of nitrogens with zero attached hydrogens (tertiary/aromatic N) is 3. The van der Waals surface area contributed by atoms with Gasteiger partial charge in [0.05, 0.1) is 11.1 Å². The van der Waals surface area contributed by atoms with E-state index < -0.39 is 0 Å². The van der Waals surface area contributed by atoms with Gasteiger partial charge in [-0.05, 0) is 31.5 Å². The molecule has 1 aromatic heterocycles. The fraction of sp³-hybridized carbons (Fsp3) is 0.250. The van der Waals surface area contributed by atoms with Gasteiger partial charge >= 0.3 is 0 Å². The number of carbonyl (C=O) groups excluding carboxylic acids is 1. The van der Waals surface area contributed by atoms with Crippen molar-refractivity contribution in [3.05, 3.63) is 75.2 Å². The molecule has 26 heavy (non-hydrogen) atoms. The minimum absolute atomic E-state index is 0.0944. The van der Waals surface area contributed by atoms with E-state index in [2.05, 4.69) is 5.10 Å². The predicted octanol–water partition coefficient (Wildman–Crippen LogP) is 3.41. The second-order valence-corrected chi connectivity index (χ2v) is 6.50. The molecule has 2 aromatic carbocycles. The smallest absolute Gasteiger partial charge is 0.275 e. The molecule has 1 heterocycles. The Morgan fingerprint density at radius 3 is 2.46 bits per heavy atom. The summed E-state index contributed by atoms with van der Waals surface area (Å²) in [6, 6.07) is 14.7. The normalized spacial score (nSPS) is 10.9. The number of hydrogen-bond donors (Lipinski definition) is 0. The number of likely N-dealkylation sites (N-methyl/N-ethyl adjacent to an activating group) is 1. The van der Waals surface area contributed by atoms with E-state index in [1.54, 1.807) is 17.0 Å². The first-order valence-corrected chi connectivity index (χ1v) is 8.86. The van der Waals surface area contributed by atoms with Crippen LogP contribution in [0, 0.1) is 6.92 Å². The molecular weight excluding hydrogens is 350 g/mol. The number of rotatable bonds is 5. The van der Waals surface area contributed by atoms with E-state index >= 15 is 0 Å². The number of hydrogen-bond acceptors (Lipinski definition) is 3. The van der Waals surface area contributed by atoms with Gasteiger partial charge in [0.25, 0.3) is 5.56 Å². The zero-order valence-corrected chi connectivity index (χ0v) is 15.5. The van der Waals surface area contributed by atoms with Gasteiger partial charge < -0.3 is 4.90 Å². The highest BCUT2D eigenvalue weighted by atomic mass is 35.5. The third-order valence-electron chi connectivity index (χ3n) is 4.39. The highest BCUT2D eigenvalue weighted by molar-refractivity contribution is 6.31. The molecule has 0 aliphatic heterocycles. The van der Waals surface area contributed by atoms with Gasteiger partial charge in [-0.15, -0.1) is 0 Å². The van der Waals surface area contributed by atoms with Crippen LogP contribution in [-0.4, -0.2) is 27.1 Å². The Bertz CT molecular complexity index is 1010. The standard InChI is InChI=1S/C20H20ClN3O2/c1-3-23(12-15-8-4-7-11-18(15)21)19(25)13-24-20(26)17-10-6-5-9-16(17)14(2)22-24/h4-11H,3,12-13H2,1-2H3. The molecule has 0 fully saturated rings. The van der Waals surface area contributed by atoms with Gasteiger partial charge in [0.1, 0.15) is 6.54 Å². The molecule has 134 valence electrons. The van der Waals surface area contributed by atoms with Crippen LogP contribution in [-0.2, 0) is 17.9 Å². The molecule has 0 spiro atoms. The summed E-state index contributed by atoms with van der Waals surface area (Å²) < 4.78 is 1.25. The van der Waals surface area contributed by atoms with Crippen LogP contribution in [0.15, 0.2) is 53.3 Å². The van der Waals surface area contributed by atoms with Crippen LogP contribution in [0.25, 0.3) is 10.8 Å². The van der Waals surface area contributed by atoms with Gasteiger partial charge in [-0.3, -0.25) is 9.59 Å². The van der Waals surface area contributed by atoms with E-state index in [1.807, 2.05) is 50.2 Å². The fourth-order valence-corrected chi connectivity index (χ4v) is 3.14. The largest absolute Gasteiger partial charge is 0.337 e. The topological polar surface area (TPSA) is 55.2 Å². The average molecular weight is 370 g/mol. The molecule has 0 atom stereocenters. The number of aromatic nitrogens is 2. The first-order chi connectivity index (χ1) is 12.5. The lowest BCUT2D eigenvalue weighted by molar-refractivity contribution is -0.132. The van der Waals surface area contributed by atoms with Crippen molar-refractivity contribution in [2.24, 2.45) is 0 Å².